The smallest absolute Gasteiger partial charge is 0.303 e. The number of aliphatic hydroxyl groups excluding tert-OH is 2. The van der Waals surface area contributed by atoms with E-state index in [-0.39, 0.29) is 24.8 Å². The van der Waals surface area contributed by atoms with Crippen LogP contribution in [0, 0.1) is 22.7 Å². The molecule has 0 saturated heterocycles. The number of hydrogen-bond acceptors (Lipinski definition) is 7. The van der Waals surface area contributed by atoms with E-state index in [0.717, 1.165) is 19.1 Å². The van der Waals surface area contributed by atoms with Crippen molar-refractivity contribution in [1.29, 1.82) is 0 Å². The van der Waals surface area contributed by atoms with Gasteiger partial charge in [-0.25, -0.2) is 8.78 Å². The molecule has 9 atom stereocenters. The Balaban J connectivity index is 1.87. The average Bonchev–Trinajstić information content (AvgIpc) is 2.93. The number of fused-ring (bicyclic) bond motifs is 5. The first-order valence-corrected chi connectivity index (χ1v) is 10.8. The molecule has 0 bridgehead atoms. The second kappa shape index (κ2) is 7.01. The summed E-state index contributed by atoms with van der Waals surface area (Å²) in [5.41, 5.74) is -7.90. The molecule has 0 heterocycles. The molecule has 3 N–H and O–H groups in total. The number of alkyl halides is 2. The van der Waals surface area contributed by atoms with Crippen molar-refractivity contribution in [2.75, 3.05) is 6.61 Å². The van der Waals surface area contributed by atoms with Crippen molar-refractivity contribution in [2.45, 2.75) is 69.7 Å². The molecule has 0 spiro atoms. The molecule has 0 amide bonds. The van der Waals surface area contributed by atoms with Gasteiger partial charge in [-0.2, -0.15) is 0 Å². The SMILES string of the molecule is CC(=O)O[C@@H]1C[C@H]2[C@@H]3C[C@H](F)C4=CC(=O)C=C[C@]4(C)[C@@]3(F)[C@@H](O)C[C@]2(C)[C@@]1(O)C(=O)CO. The fraction of sp³-hybridized carbons (Fsp3) is 0.696. The zero-order valence-electron chi connectivity index (χ0n) is 18.2. The lowest BCUT2D eigenvalue weighted by Gasteiger charge is -2.62. The number of halogens is 2. The average molecular weight is 454 g/mol. The molecule has 3 saturated carbocycles. The minimum atomic E-state index is -2.39. The van der Waals surface area contributed by atoms with Gasteiger partial charge >= 0.3 is 5.97 Å². The minimum Gasteiger partial charge on any atom is -0.459 e. The molecule has 7 nitrogen and oxygen atoms in total. The lowest BCUT2D eigenvalue weighted by atomic mass is 9.44. The van der Waals surface area contributed by atoms with Crippen LogP contribution in [0.3, 0.4) is 0 Å². The van der Waals surface area contributed by atoms with E-state index in [1.54, 1.807) is 0 Å². The maximum absolute atomic E-state index is 17.0. The van der Waals surface area contributed by atoms with E-state index < -0.39 is 76.5 Å². The number of ketones is 2. The van der Waals surface area contributed by atoms with Gasteiger partial charge in [-0.3, -0.25) is 14.4 Å². The van der Waals surface area contributed by atoms with Crippen LogP contribution in [0.5, 0.6) is 0 Å². The standard InChI is InChI=1S/C23H28F2O7/c1-11(27)32-19-8-13-14-7-16(24)15-6-12(28)4-5-20(15,2)22(14,25)17(29)9-21(13,3)23(19,31)18(30)10-26/h4-6,13-14,16-17,19,26,29,31H,7-10H2,1-3H3/t13-,14-,16-,17-,19+,20-,21-,22-,23+/m0/s1. The number of carbonyl (C=O) groups is 3. The van der Waals surface area contributed by atoms with Crippen molar-refractivity contribution in [2.24, 2.45) is 22.7 Å². The van der Waals surface area contributed by atoms with E-state index in [9.17, 15) is 29.7 Å². The summed E-state index contributed by atoms with van der Waals surface area (Å²) in [6.45, 7) is 2.98. The second-order valence-electron chi connectivity index (χ2n) is 10.0. The largest absolute Gasteiger partial charge is 0.459 e. The van der Waals surface area contributed by atoms with Crippen molar-refractivity contribution in [3.05, 3.63) is 23.8 Å². The Bertz CT molecular complexity index is 947. The Morgan fingerprint density at radius 3 is 2.50 bits per heavy atom. The van der Waals surface area contributed by atoms with Crippen LogP contribution in [-0.4, -0.2) is 69.1 Å². The van der Waals surface area contributed by atoms with E-state index in [0.29, 0.717) is 0 Å². The van der Waals surface area contributed by atoms with Gasteiger partial charge in [0.05, 0.1) is 6.10 Å². The van der Waals surface area contributed by atoms with Gasteiger partial charge in [-0.05, 0) is 49.8 Å². The monoisotopic (exact) mass is 454 g/mol. The van der Waals surface area contributed by atoms with Crippen molar-refractivity contribution < 1.29 is 43.2 Å². The van der Waals surface area contributed by atoms with Crippen LogP contribution in [0.2, 0.25) is 0 Å². The van der Waals surface area contributed by atoms with Gasteiger partial charge in [0, 0.05) is 23.7 Å². The van der Waals surface area contributed by atoms with Gasteiger partial charge in [-0.1, -0.05) is 13.0 Å². The van der Waals surface area contributed by atoms with Crippen molar-refractivity contribution in [3.63, 3.8) is 0 Å². The first-order valence-electron chi connectivity index (χ1n) is 10.8. The molecule has 32 heavy (non-hydrogen) atoms. The Hall–Kier alpha value is -1.97. The fourth-order valence-corrected chi connectivity index (χ4v) is 7.15. The molecule has 0 aromatic carbocycles. The summed E-state index contributed by atoms with van der Waals surface area (Å²) in [5, 5.41) is 32.2. The third-order valence-corrected chi connectivity index (χ3v) is 8.70. The first kappa shape index (κ1) is 23.2. The molecule has 4 rings (SSSR count). The van der Waals surface area contributed by atoms with Crippen LogP contribution in [0.25, 0.3) is 0 Å². The molecule has 4 aliphatic carbocycles. The molecule has 0 aromatic heterocycles. The highest BCUT2D eigenvalue weighted by Gasteiger charge is 2.77. The second-order valence-corrected chi connectivity index (χ2v) is 10.0. The molecular formula is C23H28F2O7. The Morgan fingerprint density at radius 1 is 1.25 bits per heavy atom. The predicted molar refractivity (Wildman–Crippen MR) is 107 cm³/mol. The van der Waals surface area contributed by atoms with E-state index in [1.165, 1.54) is 19.9 Å². The first-order chi connectivity index (χ1) is 14.8. The van der Waals surface area contributed by atoms with Crippen LogP contribution in [0.4, 0.5) is 8.78 Å². The van der Waals surface area contributed by atoms with Gasteiger partial charge < -0.3 is 20.1 Å². The van der Waals surface area contributed by atoms with Gasteiger partial charge in [-0.15, -0.1) is 0 Å². The number of rotatable bonds is 3. The molecule has 176 valence electrons. The number of aliphatic hydroxyl groups is 3. The summed E-state index contributed by atoms with van der Waals surface area (Å²) < 4.78 is 37.6. The summed E-state index contributed by atoms with van der Waals surface area (Å²) in [5.74, 6) is -4.23. The normalized spacial score (nSPS) is 49.6. The van der Waals surface area contributed by atoms with Crippen LogP contribution < -0.4 is 0 Å². The van der Waals surface area contributed by atoms with E-state index in [4.69, 9.17) is 4.74 Å². The third kappa shape index (κ3) is 2.58. The van der Waals surface area contributed by atoms with E-state index >= 15 is 8.78 Å². The van der Waals surface area contributed by atoms with Crippen molar-refractivity contribution >= 4 is 17.5 Å². The van der Waals surface area contributed by atoms with Crippen LogP contribution in [-0.2, 0) is 19.1 Å². The summed E-state index contributed by atoms with van der Waals surface area (Å²) in [4.78, 5) is 36.3. The summed E-state index contributed by atoms with van der Waals surface area (Å²) in [6.07, 6.45) is -2.14. The van der Waals surface area contributed by atoms with Crippen LogP contribution >= 0.6 is 0 Å². The molecule has 0 unspecified atom stereocenters. The molecule has 9 heteroatoms. The van der Waals surface area contributed by atoms with Crippen molar-refractivity contribution in [1.82, 2.24) is 0 Å². The lowest BCUT2D eigenvalue weighted by Crippen LogP contribution is -2.71. The number of carbonyl (C=O) groups excluding carboxylic acids is 3. The van der Waals surface area contributed by atoms with Crippen LogP contribution in [0.1, 0.15) is 40.0 Å². The fourth-order valence-electron chi connectivity index (χ4n) is 7.15. The maximum Gasteiger partial charge on any atom is 0.303 e. The summed E-state index contributed by atoms with van der Waals surface area (Å²) >= 11 is 0. The van der Waals surface area contributed by atoms with Gasteiger partial charge in [0.2, 0.25) is 0 Å². The number of Topliss-reactive ketones (excluding diaryl/α,β-unsaturated/α-hetero) is 1. The number of hydrogen-bond donors (Lipinski definition) is 3. The van der Waals surface area contributed by atoms with Crippen LogP contribution in [0.15, 0.2) is 23.8 Å². The molecule has 0 aromatic rings. The zero-order chi connectivity index (χ0) is 23.9. The minimum absolute atomic E-state index is 0.0392. The number of allylic oxidation sites excluding steroid dienone is 4. The highest BCUT2D eigenvalue weighted by Crippen LogP contribution is 2.70. The maximum atomic E-state index is 17.0. The van der Waals surface area contributed by atoms with Gasteiger partial charge in [0.25, 0.3) is 0 Å². The molecule has 0 radical (unpaired) electrons. The van der Waals surface area contributed by atoms with E-state index in [1.807, 2.05) is 0 Å². The lowest BCUT2D eigenvalue weighted by molar-refractivity contribution is -0.227. The summed E-state index contributed by atoms with van der Waals surface area (Å²) in [7, 11) is 0. The number of ether oxygens (including phenoxy) is 1. The van der Waals surface area contributed by atoms with Crippen molar-refractivity contribution in [3.8, 4) is 0 Å². The Morgan fingerprint density at radius 2 is 1.91 bits per heavy atom. The Kier molecular flexibility index (Phi) is 5.08. The third-order valence-electron chi connectivity index (χ3n) is 8.70. The predicted octanol–water partition coefficient (Wildman–Crippen LogP) is 1.14. The molecule has 0 aliphatic heterocycles. The zero-order valence-corrected chi connectivity index (χ0v) is 18.2. The van der Waals surface area contributed by atoms with Gasteiger partial charge in [0.15, 0.2) is 22.8 Å². The molecule has 3 fully saturated rings. The summed E-state index contributed by atoms with van der Waals surface area (Å²) in [6, 6.07) is 0. The molecular weight excluding hydrogens is 426 g/mol. The quantitative estimate of drug-likeness (QED) is 0.547. The Labute approximate surface area is 184 Å². The van der Waals surface area contributed by atoms with E-state index in [2.05, 4.69) is 0 Å². The topological polar surface area (TPSA) is 121 Å². The highest BCUT2D eigenvalue weighted by atomic mass is 19.1. The molecule has 4 aliphatic rings. The highest BCUT2D eigenvalue weighted by molar-refractivity contribution is 6.01. The van der Waals surface area contributed by atoms with Gasteiger partial charge in [0.1, 0.15) is 18.9 Å². The number of esters is 1.